The van der Waals surface area contributed by atoms with E-state index in [1.165, 1.54) is 12.1 Å². The van der Waals surface area contributed by atoms with E-state index in [4.69, 9.17) is 22.7 Å². The molecule has 0 aromatic heterocycles. The number of nitrogens with one attached hydrogen (secondary N) is 1. The van der Waals surface area contributed by atoms with E-state index in [-0.39, 0.29) is 35.2 Å². The number of carbonyl (C=O) groups is 1. The van der Waals surface area contributed by atoms with Crippen molar-refractivity contribution in [2.24, 2.45) is 5.73 Å². The van der Waals surface area contributed by atoms with Crippen molar-refractivity contribution in [2.75, 3.05) is 13.2 Å². The summed E-state index contributed by atoms with van der Waals surface area (Å²) in [6.07, 6.45) is 0.196. The van der Waals surface area contributed by atoms with Crippen LogP contribution in [0.2, 0.25) is 0 Å². The molecule has 1 amide bonds. The number of thiocarbonyl (C=S) groups is 1. The first-order valence-electron chi connectivity index (χ1n) is 5.54. The van der Waals surface area contributed by atoms with E-state index in [1.807, 2.05) is 6.92 Å². The fraction of sp³-hybridized carbons (Fsp3) is 0.333. The molecule has 1 aromatic rings. The predicted octanol–water partition coefficient (Wildman–Crippen LogP) is 1.36. The van der Waals surface area contributed by atoms with E-state index < -0.39 is 5.82 Å². The maximum absolute atomic E-state index is 13.5. The second kappa shape index (κ2) is 6.90. The summed E-state index contributed by atoms with van der Waals surface area (Å²) in [6, 6.07) is 4.32. The van der Waals surface area contributed by atoms with Gasteiger partial charge in [-0.3, -0.25) is 4.79 Å². The molecule has 0 saturated carbocycles. The fourth-order valence-electron chi connectivity index (χ4n) is 1.40. The standard InChI is InChI=1S/C12H15FN2O2S/c1-2-15-10(16)6-7-17-9-5-3-4-8(13)11(9)12(14)18/h3-5H,2,6-7H2,1H3,(H2,14,18)(H,15,16). The maximum atomic E-state index is 13.5. The van der Waals surface area contributed by atoms with Crippen LogP contribution in [0.1, 0.15) is 18.9 Å². The Labute approximate surface area is 110 Å². The van der Waals surface area contributed by atoms with Crippen molar-refractivity contribution in [3.05, 3.63) is 29.6 Å². The van der Waals surface area contributed by atoms with E-state index in [0.29, 0.717) is 6.54 Å². The molecule has 0 atom stereocenters. The smallest absolute Gasteiger partial charge is 0.223 e. The number of rotatable bonds is 6. The maximum Gasteiger partial charge on any atom is 0.223 e. The van der Waals surface area contributed by atoms with E-state index in [1.54, 1.807) is 6.07 Å². The summed E-state index contributed by atoms with van der Waals surface area (Å²) < 4.78 is 18.8. The monoisotopic (exact) mass is 270 g/mol. The predicted molar refractivity (Wildman–Crippen MR) is 71.1 cm³/mol. The molecule has 98 valence electrons. The summed E-state index contributed by atoms with van der Waals surface area (Å²) in [5.41, 5.74) is 5.50. The van der Waals surface area contributed by atoms with Crippen molar-refractivity contribution >= 4 is 23.1 Å². The Bertz CT molecular complexity index is 452. The highest BCUT2D eigenvalue weighted by Crippen LogP contribution is 2.21. The van der Waals surface area contributed by atoms with Gasteiger partial charge in [-0.05, 0) is 19.1 Å². The number of amides is 1. The molecule has 0 radical (unpaired) electrons. The molecule has 1 aromatic carbocycles. The van der Waals surface area contributed by atoms with Crippen LogP contribution >= 0.6 is 12.2 Å². The lowest BCUT2D eigenvalue weighted by Crippen LogP contribution is -2.24. The lowest BCUT2D eigenvalue weighted by molar-refractivity contribution is -0.121. The quantitative estimate of drug-likeness (QED) is 0.766. The third-order valence-corrected chi connectivity index (χ3v) is 2.39. The molecule has 3 N–H and O–H groups in total. The Morgan fingerprint density at radius 1 is 1.56 bits per heavy atom. The van der Waals surface area contributed by atoms with Gasteiger partial charge in [0.05, 0.1) is 18.6 Å². The highest BCUT2D eigenvalue weighted by molar-refractivity contribution is 7.80. The fourth-order valence-corrected chi connectivity index (χ4v) is 1.60. The van der Waals surface area contributed by atoms with E-state index in [2.05, 4.69) is 5.32 Å². The largest absolute Gasteiger partial charge is 0.492 e. The molecule has 0 aliphatic rings. The number of hydrogen-bond acceptors (Lipinski definition) is 3. The first kappa shape index (κ1) is 14.4. The molecule has 0 bridgehead atoms. The normalized spacial score (nSPS) is 9.89. The Hall–Kier alpha value is -1.69. The average molecular weight is 270 g/mol. The SMILES string of the molecule is CCNC(=O)CCOc1cccc(F)c1C(N)=S. The summed E-state index contributed by atoms with van der Waals surface area (Å²) in [7, 11) is 0. The molecule has 0 spiro atoms. The molecule has 0 heterocycles. The first-order chi connectivity index (χ1) is 8.56. The van der Waals surface area contributed by atoms with Crippen molar-refractivity contribution < 1.29 is 13.9 Å². The van der Waals surface area contributed by atoms with Crippen LogP contribution in [-0.4, -0.2) is 24.0 Å². The number of hydrogen-bond donors (Lipinski definition) is 2. The molecular weight excluding hydrogens is 255 g/mol. The molecule has 4 nitrogen and oxygen atoms in total. The average Bonchev–Trinajstić information content (AvgIpc) is 2.28. The third kappa shape index (κ3) is 3.96. The van der Waals surface area contributed by atoms with Crippen molar-refractivity contribution in [3.63, 3.8) is 0 Å². The molecule has 18 heavy (non-hydrogen) atoms. The third-order valence-electron chi connectivity index (χ3n) is 2.18. The molecule has 6 heteroatoms. The minimum atomic E-state index is -0.530. The topological polar surface area (TPSA) is 64.3 Å². The van der Waals surface area contributed by atoms with E-state index in [0.717, 1.165) is 0 Å². The zero-order valence-corrected chi connectivity index (χ0v) is 10.8. The van der Waals surface area contributed by atoms with Crippen LogP contribution < -0.4 is 15.8 Å². The lowest BCUT2D eigenvalue weighted by Gasteiger charge is -2.11. The number of benzene rings is 1. The van der Waals surface area contributed by atoms with Gasteiger partial charge in [0.2, 0.25) is 5.91 Å². The minimum absolute atomic E-state index is 0.0684. The van der Waals surface area contributed by atoms with Crippen LogP contribution in [0.5, 0.6) is 5.75 Å². The van der Waals surface area contributed by atoms with Gasteiger partial charge in [0.1, 0.15) is 16.6 Å². The summed E-state index contributed by atoms with van der Waals surface area (Å²) >= 11 is 4.76. The number of carbonyl (C=O) groups excluding carboxylic acids is 1. The van der Waals surface area contributed by atoms with Gasteiger partial charge in [-0.15, -0.1) is 0 Å². The zero-order chi connectivity index (χ0) is 13.5. The Morgan fingerprint density at radius 2 is 2.28 bits per heavy atom. The summed E-state index contributed by atoms with van der Waals surface area (Å²) in [6.45, 7) is 2.54. The second-order valence-corrected chi connectivity index (χ2v) is 3.97. The molecular formula is C12H15FN2O2S. The van der Waals surface area contributed by atoms with Gasteiger partial charge in [-0.2, -0.15) is 0 Å². The highest BCUT2D eigenvalue weighted by Gasteiger charge is 2.12. The van der Waals surface area contributed by atoms with Crippen LogP contribution in [0.25, 0.3) is 0 Å². The van der Waals surface area contributed by atoms with Gasteiger partial charge >= 0.3 is 0 Å². The first-order valence-corrected chi connectivity index (χ1v) is 5.95. The van der Waals surface area contributed by atoms with Crippen LogP contribution in [0, 0.1) is 5.82 Å². The highest BCUT2D eigenvalue weighted by atomic mass is 32.1. The minimum Gasteiger partial charge on any atom is -0.492 e. The molecule has 0 aliphatic carbocycles. The van der Waals surface area contributed by atoms with Crippen molar-refractivity contribution in [3.8, 4) is 5.75 Å². The molecule has 0 aliphatic heterocycles. The van der Waals surface area contributed by atoms with Gasteiger partial charge in [0.25, 0.3) is 0 Å². The van der Waals surface area contributed by atoms with Crippen LogP contribution in [0.4, 0.5) is 4.39 Å². The van der Waals surface area contributed by atoms with Crippen LogP contribution in [0.15, 0.2) is 18.2 Å². The van der Waals surface area contributed by atoms with Crippen LogP contribution in [-0.2, 0) is 4.79 Å². The summed E-state index contributed by atoms with van der Waals surface area (Å²) in [4.78, 5) is 11.1. The van der Waals surface area contributed by atoms with Gasteiger partial charge in [0, 0.05) is 6.54 Å². The number of nitrogens with two attached hydrogens (primary N) is 1. The van der Waals surface area contributed by atoms with Crippen molar-refractivity contribution in [1.29, 1.82) is 0 Å². The molecule has 1 rings (SSSR count). The Morgan fingerprint density at radius 3 is 2.89 bits per heavy atom. The Kier molecular flexibility index (Phi) is 5.51. The van der Waals surface area contributed by atoms with Gasteiger partial charge in [-0.25, -0.2) is 4.39 Å². The molecule has 0 fully saturated rings. The van der Waals surface area contributed by atoms with Crippen LogP contribution in [0.3, 0.4) is 0 Å². The summed E-state index contributed by atoms with van der Waals surface area (Å²) in [5, 5.41) is 2.64. The van der Waals surface area contributed by atoms with Gasteiger partial charge in [-0.1, -0.05) is 18.3 Å². The van der Waals surface area contributed by atoms with Crippen molar-refractivity contribution in [1.82, 2.24) is 5.32 Å². The number of halogens is 1. The lowest BCUT2D eigenvalue weighted by atomic mass is 10.2. The van der Waals surface area contributed by atoms with Gasteiger partial charge in [0.15, 0.2) is 0 Å². The summed E-state index contributed by atoms with van der Waals surface area (Å²) in [5.74, 6) is -0.393. The van der Waals surface area contributed by atoms with E-state index >= 15 is 0 Å². The molecule has 0 saturated heterocycles. The molecule has 0 unspecified atom stereocenters. The zero-order valence-electron chi connectivity index (χ0n) is 10.0. The van der Waals surface area contributed by atoms with Gasteiger partial charge < -0.3 is 15.8 Å². The van der Waals surface area contributed by atoms with Crippen molar-refractivity contribution in [2.45, 2.75) is 13.3 Å². The number of ether oxygens (including phenoxy) is 1. The van der Waals surface area contributed by atoms with E-state index in [9.17, 15) is 9.18 Å². The Balaban J connectivity index is 2.65. The second-order valence-electron chi connectivity index (χ2n) is 3.53.